The van der Waals surface area contributed by atoms with Crippen molar-refractivity contribution in [3.63, 3.8) is 0 Å². The molecule has 1 aromatic heterocycles. The van der Waals surface area contributed by atoms with Crippen LogP contribution < -0.4 is 10.3 Å². The molecule has 0 aliphatic carbocycles. The van der Waals surface area contributed by atoms with Crippen LogP contribution in [0.5, 0.6) is 0 Å². The lowest BCUT2D eigenvalue weighted by atomic mass is 10.2. The first-order valence-electron chi connectivity index (χ1n) is 5.68. The van der Waals surface area contributed by atoms with Gasteiger partial charge in [0.25, 0.3) is 15.6 Å². The minimum Gasteiger partial charge on any atom is -0.327 e. The molecule has 2 aromatic rings. The molecule has 2 N–H and O–H groups in total. The third kappa shape index (κ3) is 3.45. The molecule has 1 aromatic carbocycles. The van der Waals surface area contributed by atoms with Crippen LogP contribution >= 0.6 is 0 Å². The normalized spacial score (nSPS) is 12.2. The molecule has 10 heteroatoms. The van der Waals surface area contributed by atoms with E-state index in [1.165, 1.54) is 0 Å². The van der Waals surface area contributed by atoms with Gasteiger partial charge >= 0.3 is 6.18 Å². The summed E-state index contributed by atoms with van der Waals surface area (Å²) in [5.41, 5.74) is -3.05. The van der Waals surface area contributed by atoms with Gasteiger partial charge in [-0.1, -0.05) is 0 Å². The van der Waals surface area contributed by atoms with E-state index in [4.69, 9.17) is 0 Å². The summed E-state index contributed by atoms with van der Waals surface area (Å²) in [6.07, 6.45) is -4.32. The van der Waals surface area contributed by atoms with Crippen molar-refractivity contribution >= 4 is 15.7 Å². The highest BCUT2D eigenvalue weighted by molar-refractivity contribution is 7.92. The molecule has 0 unspecified atom stereocenters. The van der Waals surface area contributed by atoms with Gasteiger partial charge in [-0.25, -0.2) is 12.8 Å². The molecule has 0 bridgehead atoms. The van der Waals surface area contributed by atoms with Crippen LogP contribution in [0.25, 0.3) is 0 Å². The number of hydrogen-bond donors (Lipinski definition) is 2. The summed E-state index contributed by atoms with van der Waals surface area (Å²) in [4.78, 5) is 12.8. The van der Waals surface area contributed by atoms with E-state index >= 15 is 0 Å². The summed E-state index contributed by atoms with van der Waals surface area (Å²) in [5.74, 6) is -0.684. The number of H-pyrrole nitrogens is 1. The van der Waals surface area contributed by atoms with Gasteiger partial charge in [-0.15, -0.1) is 0 Å². The predicted molar refractivity (Wildman–Crippen MR) is 69.3 cm³/mol. The van der Waals surface area contributed by atoms with Crippen LogP contribution in [-0.2, 0) is 16.2 Å². The lowest BCUT2D eigenvalue weighted by Gasteiger charge is -2.10. The summed E-state index contributed by atoms with van der Waals surface area (Å²) in [7, 11) is -4.32. The van der Waals surface area contributed by atoms with E-state index in [1.54, 1.807) is 9.71 Å². The number of sulfonamides is 1. The topological polar surface area (TPSA) is 79.0 Å². The second kappa shape index (κ2) is 5.44. The fourth-order valence-corrected chi connectivity index (χ4v) is 2.59. The lowest BCUT2D eigenvalue weighted by molar-refractivity contribution is -0.137. The van der Waals surface area contributed by atoms with Crippen LogP contribution in [0, 0.1) is 5.82 Å². The molecule has 0 fully saturated rings. The molecule has 5 nitrogen and oxygen atoms in total. The summed E-state index contributed by atoms with van der Waals surface area (Å²) in [5, 5.41) is 0. The van der Waals surface area contributed by atoms with Crippen LogP contribution in [0.4, 0.5) is 23.2 Å². The summed E-state index contributed by atoms with van der Waals surface area (Å²) in [6.45, 7) is 0. The Balaban J connectivity index is 2.41. The van der Waals surface area contributed by atoms with Crippen LogP contribution in [0.2, 0.25) is 0 Å². The van der Waals surface area contributed by atoms with Crippen molar-refractivity contribution in [2.75, 3.05) is 4.72 Å². The number of alkyl halides is 3. The highest BCUT2D eigenvalue weighted by atomic mass is 32.2. The van der Waals surface area contributed by atoms with Gasteiger partial charge in [0.15, 0.2) is 0 Å². The fraction of sp³-hybridized carbons (Fsp3) is 0.0833. The molecule has 0 saturated carbocycles. The zero-order chi connectivity index (χ0) is 16.5. The Morgan fingerprint density at radius 3 is 2.23 bits per heavy atom. The van der Waals surface area contributed by atoms with Gasteiger partial charge in [-0.3, -0.25) is 9.52 Å². The lowest BCUT2D eigenvalue weighted by Crippen LogP contribution is -2.21. The second-order valence-corrected chi connectivity index (χ2v) is 5.87. The van der Waals surface area contributed by atoms with E-state index < -0.39 is 43.7 Å². The SMILES string of the molecule is O=c1[nH]cc(C(F)(F)F)cc1NS(=O)(=O)c1ccc(F)cc1. The van der Waals surface area contributed by atoms with Crippen LogP contribution in [-0.4, -0.2) is 13.4 Å². The van der Waals surface area contributed by atoms with E-state index in [2.05, 4.69) is 0 Å². The molecule has 0 aliphatic rings. The summed E-state index contributed by atoms with van der Waals surface area (Å²) < 4.78 is 76.1. The number of hydrogen-bond acceptors (Lipinski definition) is 3. The molecule has 2 rings (SSSR count). The first-order valence-corrected chi connectivity index (χ1v) is 7.16. The van der Waals surface area contributed by atoms with Crippen molar-refractivity contribution in [1.82, 2.24) is 4.98 Å². The number of aromatic amines is 1. The molecule has 0 atom stereocenters. The number of pyridine rings is 1. The smallest absolute Gasteiger partial charge is 0.327 e. The maximum absolute atomic E-state index is 12.8. The van der Waals surface area contributed by atoms with Gasteiger partial charge in [-0.2, -0.15) is 13.2 Å². The Bertz CT molecular complexity index is 842. The van der Waals surface area contributed by atoms with Gasteiger partial charge in [0.2, 0.25) is 0 Å². The zero-order valence-electron chi connectivity index (χ0n) is 10.6. The van der Waals surface area contributed by atoms with Crippen molar-refractivity contribution in [2.24, 2.45) is 0 Å². The number of halogens is 4. The minimum absolute atomic E-state index is 0.375. The second-order valence-electron chi connectivity index (χ2n) is 4.19. The monoisotopic (exact) mass is 336 g/mol. The van der Waals surface area contributed by atoms with Gasteiger partial charge < -0.3 is 4.98 Å². The van der Waals surface area contributed by atoms with Gasteiger partial charge in [0, 0.05) is 6.20 Å². The van der Waals surface area contributed by atoms with E-state index in [0.717, 1.165) is 24.3 Å². The van der Waals surface area contributed by atoms with Gasteiger partial charge in [-0.05, 0) is 30.3 Å². The average molecular weight is 336 g/mol. The Kier molecular flexibility index (Phi) is 3.96. The van der Waals surface area contributed by atoms with E-state index in [1.807, 2.05) is 0 Å². The highest BCUT2D eigenvalue weighted by Gasteiger charge is 2.31. The van der Waals surface area contributed by atoms with Crippen molar-refractivity contribution in [3.05, 3.63) is 58.3 Å². The first kappa shape index (κ1) is 16.0. The standard InChI is InChI=1S/C12H8F4N2O3S/c13-8-1-3-9(4-2-8)22(20,21)18-10-5-7(12(14,15)16)6-17-11(10)19/h1-6,18H,(H,17,19). The van der Waals surface area contributed by atoms with Crippen molar-refractivity contribution < 1.29 is 26.0 Å². The number of nitrogens with one attached hydrogen (secondary N) is 2. The molecular formula is C12H8F4N2O3S. The quantitative estimate of drug-likeness (QED) is 0.845. The number of anilines is 1. The Morgan fingerprint density at radius 2 is 1.68 bits per heavy atom. The van der Waals surface area contributed by atoms with E-state index in [9.17, 15) is 30.8 Å². The molecule has 118 valence electrons. The Morgan fingerprint density at radius 1 is 1.09 bits per heavy atom. The largest absolute Gasteiger partial charge is 0.417 e. The Labute approximate surface area is 121 Å². The average Bonchev–Trinajstić information content (AvgIpc) is 2.40. The molecule has 1 heterocycles. The number of aromatic nitrogens is 1. The molecule has 0 saturated heterocycles. The molecule has 0 spiro atoms. The molecule has 22 heavy (non-hydrogen) atoms. The molecule has 0 aliphatic heterocycles. The van der Waals surface area contributed by atoms with Crippen molar-refractivity contribution in [3.8, 4) is 0 Å². The molecular weight excluding hydrogens is 328 g/mol. The van der Waals surface area contributed by atoms with Crippen LogP contribution in [0.1, 0.15) is 5.56 Å². The van der Waals surface area contributed by atoms with Crippen LogP contribution in [0.15, 0.2) is 46.2 Å². The van der Waals surface area contributed by atoms with E-state index in [0.29, 0.717) is 12.3 Å². The van der Waals surface area contributed by atoms with Crippen LogP contribution in [0.3, 0.4) is 0 Å². The predicted octanol–water partition coefficient (Wildman–Crippen LogP) is 2.33. The molecule has 0 amide bonds. The zero-order valence-corrected chi connectivity index (χ0v) is 11.4. The summed E-state index contributed by atoms with van der Waals surface area (Å²) >= 11 is 0. The maximum atomic E-state index is 12.8. The first-order chi connectivity index (χ1) is 10.1. The number of rotatable bonds is 3. The van der Waals surface area contributed by atoms with Gasteiger partial charge in [0.05, 0.1) is 10.5 Å². The fourth-order valence-electron chi connectivity index (χ4n) is 1.54. The third-order valence-electron chi connectivity index (χ3n) is 2.60. The maximum Gasteiger partial charge on any atom is 0.417 e. The minimum atomic E-state index is -4.75. The van der Waals surface area contributed by atoms with E-state index in [-0.39, 0.29) is 0 Å². The Hall–Kier alpha value is -2.36. The number of benzene rings is 1. The summed E-state index contributed by atoms with van der Waals surface area (Å²) in [6, 6.07) is 3.94. The third-order valence-corrected chi connectivity index (χ3v) is 3.98. The van der Waals surface area contributed by atoms with Crippen molar-refractivity contribution in [1.29, 1.82) is 0 Å². The van der Waals surface area contributed by atoms with Crippen molar-refractivity contribution in [2.45, 2.75) is 11.1 Å². The molecule has 0 radical (unpaired) electrons. The highest BCUT2D eigenvalue weighted by Crippen LogP contribution is 2.29. The van der Waals surface area contributed by atoms with Gasteiger partial charge in [0.1, 0.15) is 11.5 Å².